The molecule has 0 aliphatic carbocycles. The highest BCUT2D eigenvalue weighted by molar-refractivity contribution is 5.96. The maximum atomic E-state index is 13.3. The minimum Gasteiger partial charge on any atom is -0.483 e. The number of amides is 3. The molecule has 1 aromatic carbocycles. The Kier molecular flexibility index (Phi) is 9.50. The third-order valence-electron chi connectivity index (χ3n) is 6.84. The molecule has 2 heterocycles. The van der Waals surface area contributed by atoms with Crippen molar-refractivity contribution >= 4 is 17.7 Å². The fourth-order valence-electron chi connectivity index (χ4n) is 4.53. The van der Waals surface area contributed by atoms with E-state index < -0.39 is 6.04 Å². The Balaban J connectivity index is 1.68. The number of aryl methyl sites for hydroxylation is 3. The summed E-state index contributed by atoms with van der Waals surface area (Å²) in [6, 6.07) is 7.13. The minimum absolute atomic E-state index is 0.0975. The summed E-state index contributed by atoms with van der Waals surface area (Å²) in [5, 5.41) is 3.97. The number of benzene rings is 1. The van der Waals surface area contributed by atoms with Crippen LogP contribution in [0.1, 0.15) is 60.0 Å². The molecule has 1 aliphatic rings. The summed E-state index contributed by atoms with van der Waals surface area (Å²) < 4.78 is 11.1. The van der Waals surface area contributed by atoms with Crippen LogP contribution >= 0.6 is 0 Å². The Hall–Kier alpha value is -3.36. The van der Waals surface area contributed by atoms with Gasteiger partial charge in [0.2, 0.25) is 5.91 Å². The molecule has 3 rings (SSSR count). The van der Waals surface area contributed by atoms with Crippen molar-refractivity contribution in [2.45, 2.75) is 58.4 Å². The molecule has 0 saturated heterocycles. The van der Waals surface area contributed by atoms with Crippen LogP contribution in [0.25, 0.3) is 0 Å². The fourth-order valence-corrected chi connectivity index (χ4v) is 4.53. The molecule has 1 atom stereocenters. The number of rotatable bonds is 6. The van der Waals surface area contributed by atoms with Crippen LogP contribution in [0.15, 0.2) is 28.8 Å². The highest BCUT2D eigenvalue weighted by Gasteiger charge is 2.30. The van der Waals surface area contributed by atoms with Crippen LogP contribution in [0.3, 0.4) is 0 Å². The normalized spacial score (nSPS) is 17.5. The van der Waals surface area contributed by atoms with E-state index in [0.29, 0.717) is 55.1 Å². The lowest BCUT2D eigenvalue weighted by Crippen LogP contribution is -2.50. The fraction of sp³-hybridized carbons (Fsp3) is 0.556. The molecule has 196 valence electrons. The lowest BCUT2D eigenvalue weighted by atomic mass is 10.1. The minimum atomic E-state index is -0.630. The van der Waals surface area contributed by atoms with Crippen molar-refractivity contribution in [3.05, 3.63) is 46.8 Å². The smallest absolute Gasteiger partial charge is 0.260 e. The average Bonchev–Trinajstić information content (AvgIpc) is 3.26. The molecule has 1 aromatic heterocycles. The number of hydrogen-bond donors (Lipinski definition) is 0. The van der Waals surface area contributed by atoms with Crippen molar-refractivity contribution < 1.29 is 23.6 Å². The predicted molar refractivity (Wildman–Crippen MR) is 136 cm³/mol. The molecule has 3 amide bonds. The summed E-state index contributed by atoms with van der Waals surface area (Å²) in [6.07, 6.45) is 4.20. The first-order chi connectivity index (χ1) is 17.2. The van der Waals surface area contributed by atoms with E-state index in [1.54, 1.807) is 37.9 Å². The topological polar surface area (TPSA) is 96.2 Å². The van der Waals surface area contributed by atoms with Crippen molar-refractivity contribution in [3.8, 4) is 5.75 Å². The third-order valence-corrected chi connectivity index (χ3v) is 6.84. The summed E-state index contributed by atoms with van der Waals surface area (Å²) in [5.74, 6) is 0.709. The van der Waals surface area contributed by atoms with Gasteiger partial charge in [-0.2, -0.15) is 0 Å². The zero-order valence-electron chi connectivity index (χ0n) is 22.1. The highest BCUT2D eigenvalue weighted by Crippen LogP contribution is 2.22. The quantitative estimate of drug-likeness (QED) is 0.607. The standard InChI is InChI=1S/C27H38N4O5/c1-6-21-25(19(2)36-28-21)27(34)30(4)17-11-14-22-26(33)29(3)16-10-9-13-20-12-7-8-15-23(20)35-18-24(32)31(22)5/h7-8,12,15,22H,6,9-11,13-14,16-18H2,1-5H3/t22-/m0/s1. The summed E-state index contributed by atoms with van der Waals surface area (Å²) in [7, 11) is 5.16. The van der Waals surface area contributed by atoms with Crippen molar-refractivity contribution in [3.63, 3.8) is 0 Å². The van der Waals surface area contributed by atoms with Crippen LogP contribution in [0.5, 0.6) is 5.75 Å². The van der Waals surface area contributed by atoms with Gasteiger partial charge in [-0.05, 0) is 57.1 Å². The average molecular weight is 499 g/mol. The van der Waals surface area contributed by atoms with E-state index in [4.69, 9.17) is 9.26 Å². The third kappa shape index (κ3) is 6.44. The molecule has 0 unspecified atom stereocenters. The van der Waals surface area contributed by atoms with Gasteiger partial charge in [0.05, 0.1) is 5.69 Å². The number of ether oxygens (including phenoxy) is 1. The van der Waals surface area contributed by atoms with Gasteiger partial charge in [0.1, 0.15) is 23.1 Å². The Bertz CT molecular complexity index is 1070. The molecule has 0 radical (unpaired) electrons. The number of carbonyl (C=O) groups is 3. The van der Waals surface area contributed by atoms with Gasteiger partial charge >= 0.3 is 0 Å². The van der Waals surface area contributed by atoms with Crippen molar-refractivity contribution in [1.29, 1.82) is 0 Å². The predicted octanol–water partition coefficient (Wildman–Crippen LogP) is 3.10. The van der Waals surface area contributed by atoms with E-state index in [0.717, 1.165) is 24.8 Å². The monoisotopic (exact) mass is 498 g/mol. The second-order valence-electron chi connectivity index (χ2n) is 9.42. The summed E-state index contributed by atoms with van der Waals surface area (Å²) >= 11 is 0. The van der Waals surface area contributed by atoms with Gasteiger partial charge < -0.3 is 24.0 Å². The summed E-state index contributed by atoms with van der Waals surface area (Å²) in [5.41, 5.74) is 2.21. The molecule has 0 bridgehead atoms. The van der Waals surface area contributed by atoms with Crippen LogP contribution < -0.4 is 4.74 Å². The first kappa shape index (κ1) is 27.2. The van der Waals surface area contributed by atoms with Crippen LogP contribution in [0.2, 0.25) is 0 Å². The van der Waals surface area contributed by atoms with Crippen molar-refractivity contribution in [2.75, 3.05) is 40.8 Å². The molecule has 0 N–H and O–H groups in total. The summed E-state index contributed by atoms with van der Waals surface area (Å²) in [4.78, 5) is 44.1. The van der Waals surface area contributed by atoms with E-state index in [1.165, 1.54) is 4.90 Å². The first-order valence-corrected chi connectivity index (χ1v) is 12.7. The first-order valence-electron chi connectivity index (χ1n) is 12.7. The van der Waals surface area contributed by atoms with Gasteiger partial charge in [-0.15, -0.1) is 0 Å². The zero-order valence-corrected chi connectivity index (χ0v) is 22.1. The van der Waals surface area contributed by atoms with Crippen molar-refractivity contribution in [2.24, 2.45) is 0 Å². The number of likely N-dealkylation sites (N-methyl/N-ethyl adjacent to an activating group) is 2. The number of nitrogens with zero attached hydrogens (tertiary/aromatic N) is 4. The molecule has 9 nitrogen and oxygen atoms in total. The molecular weight excluding hydrogens is 460 g/mol. The van der Waals surface area contributed by atoms with Crippen molar-refractivity contribution in [1.82, 2.24) is 19.9 Å². The van der Waals surface area contributed by atoms with Gasteiger partial charge in [-0.1, -0.05) is 30.3 Å². The lowest BCUT2D eigenvalue weighted by Gasteiger charge is -2.31. The lowest BCUT2D eigenvalue weighted by molar-refractivity contribution is -0.145. The highest BCUT2D eigenvalue weighted by atomic mass is 16.5. The molecule has 0 spiro atoms. The van der Waals surface area contributed by atoms with Gasteiger partial charge in [0.25, 0.3) is 11.8 Å². The molecule has 0 saturated carbocycles. The molecule has 0 fully saturated rings. The van der Waals surface area contributed by atoms with Gasteiger partial charge in [-0.3, -0.25) is 14.4 Å². The second-order valence-corrected chi connectivity index (χ2v) is 9.42. The number of fused-ring (bicyclic) bond motifs is 1. The van der Waals surface area contributed by atoms with E-state index in [9.17, 15) is 14.4 Å². The van der Waals surface area contributed by atoms with Crippen LogP contribution in [0.4, 0.5) is 0 Å². The molecule has 1 aliphatic heterocycles. The van der Waals surface area contributed by atoms with Gasteiger partial charge in [0.15, 0.2) is 6.61 Å². The zero-order chi connectivity index (χ0) is 26.2. The molecule has 2 aromatic rings. The van der Waals surface area contributed by atoms with E-state index >= 15 is 0 Å². The van der Waals surface area contributed by atoms with E-state index in [2.05, 4.69) is 5.16 Å². The van der Waals surface area contributed by atoms with Crippen LogP contribution in [-0.2, 0) is 22.4 Å². The molecule has 9 heteroatoms. The second kappa shape index (κ2) is 12.6. The maximum absolute atomic E-state index is 13.3. The Morgan fingerprint density at radius 1 is 1.19 bits per heavy atom. The van der Waals surface area contributed by atoms with E-state index in [1.807, 2.05) is 31.2 Å². The number of hydrogen-bond acceptors (Lipinski definition) is 6. The molecule has 36 heavy (non-hydrogen) atoms. The number of para-hydroxylation sites is 1. The van der Waals surface area contributed by atoms with Gasteiger partial charge in [-0.25, -0.2) is 0 Å². The number of aromatic nitrogens is 1. The van der Waals surface area contributed by atoms with Crippen LogP contribution in [-0.4, -0.2) is 84.5 Å². The largest absolute Gasteiger partial charge is 0.483 e. The Labute approximate surface area is 213 Å². The Morgan fingerprint density at radius 3 is 2.69 bits per heavy atom. The Morgan fingerprint density at radius 2 is 1.94 bits per heavy atom. The molecular formula is C27H38N4O5. The summed E-state index contributed by atoms with van der Waals surface area (Å²) in [6.45, 7) is 4.58. The van der Waals surface area contributed by atoms with Crippen LogP contribution in [0, 0.1) is 6.92 Å². The van der Waals surface area contributed by atoms with Gasteiger partial charge in [0, 0.05) is 34.2 Å². The van der Waals surface area contributed by atoms with E-state index in [-0.39, 0.29) is 24.3 Å². The number of carbonyl (C=O) groups excluding carboxylic acids is 3. The SMILES string of the molecule is CCc1noc(C)c1C(=O)N(C)CCC[C@H]1C(=O)N(C)CCCCc2ccccc2OCC(=O)N1C. The maximum Gasteiger partial charge on any atom is 0.260 e.